The lowest BCUT2D eigenvalue weighted by molar-refractivity contribution is -0.384. The van der Waals surface area contributed by atoms with Crippen LogP contribution in [-0.2, 0) is 4.79 Å². The van der Waals surface area contributed by atoms with Gasteiger partial charge in [0.15, 0.2) is 0 Å². The molecule has 0 bridgehead atoms. The number of aromatic carboxylic acids is 1. The maximum Gasteiger partial charge on any atom is 0.337 e. The van der Waals surface area contributed by atoms with Crippen LogP contribution in [0.1, 0.15) is 17.3 Å². The van der Waals surface area contributed by atoms with E-state index in [1.807, 2.05) is 0 Å². The zero-order chi connectivity index (χ0) is 14.4. The van der Waals surface area contributed by atoms with Crippen LogP contribution in [0.3, 0.4) is 0 Å². The lowest BCUT2D eigenvalue weighted by atomic mass is 10.2. The van der Waals surface area contributed by atoms with Gasteiger partial charge in [-0.2, -0.15) is 0 Å². The molecule has 19 heavy (non-hydrogen) atoms. The standard InChI is InChI=1S/C10H12N4O5/c1-6(15)11-2-3-12-9-8(14(18)19)4-7(5-13-9)10(16)17/h4-5H,2-3H2,1H3,(H,11,15)(H,12,13)(H,16,17). The summed E-state index contributed by atoms with van der Waals surface area (Å²) in [4.78, 5) is 35.1. The molecule has 0 saturated carbocycles. The molecule has 0 spiro atoms. The predicted molar refractivity (Wildman–Crippen MR) is 65.0 cm³/mol. The Balaban J connectivity index is 2.79. The van der Waals surface area contributed by atoms with Gasteiger partial charge in [0.1, 0.15) is 0 Å². The molecular formula is C10H12N4O5. The smallest absolute Gasteiger partial charge is 0.337 e. The lowest BCUT2D eigenvalue weighted by Gasteiger charge is -2.06. The van der Waals surface area contributed by atoms with Crippen LogP contribution in [0.4, 0.5) is 11.5 Å². The van der Waals surface area contributed by atoms with Gasteiger partial charge in [-0.05, 0) is 0 Å². The zero-order valence-electron chi connectivity index (χ0n) is 10.0. The lowest BCUT2D eigenvalue weighted by Crippen LogP contribution is -2.26. The highest BCUT2D eigenvalue weighted by Crippen LogP contribution is 2.22. The molecule has 0 aliphatic carbocycles. The van der Waals surface area contributed by atoms with Gasteiger partial charge in [-0.3, -0.25) is 14.9 Å². The third kappa shape index (κ3) is 4.22. The average Bonchev–Trinajstić information content (AvgIpc) is 2.34. The molecule has 1 heterocycles. The number of carbonyl (C=O) groups excluding carboxylic acids is 1. The number of nitrogens with one attached hydrogen (secondary N) is 2. The minimum atomic E-state index is -1.29. The van der Waals surface area contributed by atoms with Crippen LogP contribution in [0.2, 0.25) is 0 Å². The van der Waals surface area contributed by atoms with Crippen molar-refractivity contribution in [3.8, 4) is 0 Å². The number of nitro groups is 1. The monoisotopic (exact) mass is 268 g/mol. The molecule has 0 fully saturated rings. The number of hydrogen-bond donors (Lipinski definition) is 3. The quantitative estimate of drug-likeness (QED) is 0.382. The Hall–Kier alpha value is -2.71. The van der Waals surface area contributed by atoms with Crippen LogP contribution >= 0.6 is 0 Å². The Labute approximate surface area is 107 Å². The Morgan fingerprint density at radius 2 is 2.16 bits per heavy atom. The normalized spacial score (nSPS) is 9.74. The summed E-state index contributed by atoms with van der Waals surface area (Å²) in [6.45, 7) is 1.86. The van der Waals surface area contributed by atoms with Gasteiger partial charge < -0.3 is 15.7 Å². The zero-order valence-corrected chi connectivity index (χ0v) is 10.0. The maximum atomic E-state index is 10.8. The van der Waals surface area contributed by atoms with Gasteiger partial charge in [-0.25, -0.2) is 9.78 Å². The minimum Gasteiger partial charge on any atom is -0.478 e. The second kappa shape index (κ2) is 6.28. The van der Waals surface area contributed by atoms with Crippen molar-refractivity contribution in [3.63, 3.8) is 0 Å². The number of pyridine rings is 1. The van der Waals surface area contributed by atoms with Gasteiger partial charge in [-0.15, -0.1) is 0 Å². The molecule has 1 aromatic heterocycles. The molecule has 0 aliphatic heterocycles. The number of nitrogens with zero attached hydrogens (tertiary/aromatic N) is 2. The number of carbonyl (C=O) groups is 2. The first kappa shape index (κ1) is 14.4. The number of rotatable bonds is 6. The van der Waals surface area contributed by atoms with Crippen LogP contribution in [0.5, 0.6) is 0 Å². The molecule has 0 unspecified atom stereocenters. The number of anilines is 1. The second-order valence-electron chi connectivity index (χ2n) is 3.56. The number of carboxylic acid groups (broad SMARTS) is 1. The van der Waals surface area contributed by atoms with Gasteiger partial charge >= 0.3 is 11.7 Å². The van der Waals surface area contributed by atoms with E-state index in [-0.39, 0.29) is 30.4 Å². The highest BCUT2D eigenvalue weighted by atomic mass is 16.6. The fraction of sp³-hybridized carbons (Fsp3) is 0.300. The predicted octanol–water partition coefficient (Wildman–Crippen LogP) is 0.236. The summed E-state index contributed by atoms with van der Waals surface area (Å²) in [5.74, 6) is -1.55. The van der Waals surface area contributed by atoms with Crippen molar-refractivity contribution >= 4 is 23.4 Å². The molecule has 0 atom stereocenters. The molecule has 0 radical (unpaired) electrons. The largest absolute Gasteiger partial charge is 0.478 e. The minimum absolute atomic E-state index is 0.0413. The first-order chi connectivity index (χ1) is 8.91. The molecule has 102 valence electrons. The summed E-state index contributed by atoms with van der Waals surface area (Å²) in [6, 6.07) is 0.927. The van der Waals surface area contributed by atoms with Gasteiger partial charge in [-0.1, -0.05) is 0 Å². The molecule has 1 rings (SSSR count). The molecule has 1 amide bonds. The molecule has 1 aromatic rings. The van der Waals surface area contributed by atoms with E-state index in [1.54, 1.807) is 0 Å². The van der Waals surface area contributed by atoms with E-state index >= 15 is 0 Å². The molecule has 0 aromatic carbocycles. The summed E-state index contributed by atoms with van der Waals surface area (Å²) >= 11 is 0. The van der Waals surface area contributed by atoms with Crippen molar-refractivity contribution in [3.05, 3.63) is 27.9 Å². The van der Waals surface area contributed by atoms with E-state index in [4.69, 9.17) is 5.11 Å². The van der Waals surface area contributed by atoms with E-state index in [0.717, 1.165) is 12.3 Å². The summed E-state index contributed by atoms with van der Waals surface area (Å²) in [7, 11) is 0. The van der Waals surface area contributed by atoms with E-state index in [0.29, 0.717) is 0 Å². The van der Waals surface area contributed by atoms with Crippen molar-refractivity contribution in [2.75, 3.05) is 18.4 Å². The Morgan fingerprint density at radius 3 is 2.68 bits per heavy atom. The first-order valence-electron chi connectivity index (χ1n) is 5.28. The summed E-state index contributed by atoms with van der Waals surface area (Å²) in [5.41, 5.74) is -0.693. The second-order valence-corrected chi connectivity index (χ2v) is 3.56. The fourth-order valence-electron chi connectivity index (χ4n) is 1.26. The van der Waals surface area contributed by atoms with Crippen molar-refractivity contribution < 1.29 is 19.6 Å². The van der Waals surface area contributed by atoms with Crippen LogP contribution in [-0.4, -0.2) is 40.0 Å². The maximum absolute atomic E-state index is 10.8. The third-order valence-corrected chi connectivity index (χ3v) is 2.10. The van der Waals surface area contributed by atoms with Crippen molar-refractivity contribution in [1.29, 1.82) is 0 Å². The van der Waals surface area contributed by atoms with E-state index < -0.39 is 16.6 Å². The third-order valence-electron chi connectivity index (χ3n) is 2.10. The summed E-state index contributed by atoms with van der Waals surface area (Å²) < 4.78 is 0. The average molecular weight is 268 g/mol. The highest BCUT2D eigenvalue weighted by molar-refractivity contribution is 5.88. The van der Waals surface area contributed by atoms with E-state index in [1.165, 1.54) is 6.92 Å². The number of hydrogen-bond acceptors (Lipinski definition) is 6. The van der Waals surface area contributed by atoms with Crippen LogP contribution < -0.4 is 10.6 Å². The SMILES string of the molecule is CC(=O)NCCNc1ncc(C(=O)O)cc1[N+](=O)[O-]. The molecule has 0 saturated heterocycles. The van der Waals surface area contributed by atoms with Gasteiger partial charge in [0.25, 0.3) is 0 Å². The molecule has 3 N–H and O–H groups in total. The van der Waals surface area contributed by atoms with Crippen molar-refractivity contribution in [2.24, 2.45) is 0 Å². The highest BCUT2D eigenvalue weighted by Gasteiger charge is 2.18. The number of carboxylic acids is 1. The molecular weight excluding hydrogens is 256 g/mol. The molecule has 0 aliphatic rings. The number of amides is 1. The van der Waals surface area contributed by atoms with Gasteiger partial charge in [0.05, 0.1) is 10.5 Å². The Morgan fingerprint density at radius 1 is 1.47 bits per heavy atom. The van der Waals surface area contributed by atoms with Crippen molar-refractivity contribution in [1.82, 2.24) is 10.3 Å². The Bertz CT molecular complexity index is 517. The topological polar surface area (TPSA) is 134 Å². The summed E-state index contributed by atoms with van der Waals surface area (Å²) in [5, 5.41) is 24.7. The van der Waals surface area contributed by atoms with Gasteiger partial charge in [0.2, 0.25) is 11.7 Å². The van der Waals surface area contributed by atoms with Crippen LogP contribution in [0, 0.1) is 10.1 Å². The van der Waals surface area contributed by atoms with Crippen LogP contribution in [0.25, 0.3) is 0 Å². The van der Waals surface area contributed by atoms with Gasteiger partial charge in [0, 0.05) is 32.3 Å². The van der Waals surface area contributed by atoms with E-state index in [2.05, 4.69) is 15.6 Å². The number of aromatic nitrogens is 1. The van der Waals surface area contributed by atoms with E-state index in [9.17, 15) is 19.7 Å². The Kier molecular flexibility index (Phi) is 4.75. The fourth-order valence-corrected chi connectivity index (χ4v) is 1.26. The first-order valence-corrected chi connectivity index (χ1v) is 5.28. The molecule has 9 nitrogen and oxygen atoms in total. The van der Waals surface area contributed by atoms with Crippen LogP contribution in [0.15, 0.2) is 12.3 Å². The summed E-state index contributed by atoms with van der Waals surface area (Å²) in [6.07, 6.45) is 1.02. The van der Waals surface area contributed by atoms with Crippen molar-refractivity contribution in [2.45, 2.75) is 6.92 Å². The molecule has 9 heteroatoms.